The van der Waals surface area contributed by atoms with E-state index in [0.717, 1.165) is 49.3 Å². The van der Waals surface area contributed by atoms with Crippen LogP contribution in [-0.2, 0) is 9.53 Å². The zero-order valence-electron chi connectivity index (χ0n) is 24.1. The first kappa shape index (κ1) is 28.0. The number of aromatic nitrogens is 2. The normalized spacial score (nSPS) is 15.2. The van der Waals surface area contributed by atoms with Crippen molar-refractivity contribution in [3.05, 3.63) is 120 Å². The number of hydrogen-bond acceptors (Lipinski definition) is 6. The fourth-order valence-corrected chi connectivity index (χ4v) is 7.12. The lowest BCUT2D eigenvalue weighted by molar-refractivity contribution is -0.139. The van der Waals surface area contributed by atoms with E-state index >= 15 is 0 Å². The molecule has 0 aliphatic carbocycles. The molecule has 1 N–H and O–H groups in total. The summed E-state index contributed by atoms with van der Waals surface area (Å²) in [6.07, 6.45) is 3.99. The van der Waals surface area contributed by atoms with E-state index < -0.39 is 12.0 Å². The molecule has 1 atom stereocenters. The molecule has 1 aliphatic rings. The lowest BCUT2D eigenvalue weighted by Gasteiger charge is -2.24. The van der Waals surface area contributed by atoms with Crippen LogP contribution in [-0.4, -0.2) is 28.4 Å². The van der Waals surface area contributed by atoms with Crippen LogP contribution >= 0.6 is 23.1 Å². The van der Waals surface area contributed by atoms with Crippen LogP contribution in [0.1, 0.15) is 42.1 Å². The first-order chi connectivity index (χ1) is 20.3. The summed E-state index contributed by atoms with van der Waals surface area (Å²) in [4.78, 5) is 37.6. The predicted molar refractivity (Wildman–Crippen MR) is 172 cm³/mol. The van der Waals surface area contributed by atoms with Gasteiger partial charge in [-0.05, 0) is 74.9 Å². The molecule has 6 nitrogen and oxygen atoms in total. The number of ether oxygens (including phenoxy) is 1. The zero-order valence-corrected chi connectivity index (χ0v) is 25.8. The van der Waals surface area contributed by atoms with Crippen molar-refractivity contribution in [3.8, 4) is 11.3 Å². The minimum Gasteiger partial charge on any atom is -0.463 e. The van der Waals surface area contributed by atoms with Gasteiger partial charge in [0.1, 0.15) is 0 Å². The number of benzene rings is 3. The lowest BCUT2D eigenvalue weighted by atomic mass is 9.96. The summed E-state index contributed by atoms with van der Waals surface area (Å²) in [5, 5.41) is 1.06. The predicted octanol–water partition coefficient (Wildman–Crippen LogP) is 6.29. The van der Waals surface area contributed by atoms with Crippen molar-refractivity contribution in [2.45, 2.75) is 38.6 Å². The van der Waals surface area contributed by atoms with Gasteiger partial charge in [-0.3, -0.25) is 9.36 Å². The number of aryl methyl sites for hydroxylation is 2. The third kappa shape index (κ3) is 4.84. The van der Waals surface area contributed by atoms with Gasteiger partial charge in [-0.25, -0.2) is 9.79 Å². The Hall–Kier alpha value is -4.14. The number of esters is 1. The van der Waals surface area contributed by atoms with Gasteiger partial charge >= 0.3 is 5.97 Å². The fraction of sp³-hybridized carbons (Fsp3) is 0.206. The van der Waals surface area contributed by atoms with E-state index in [1.165, 1.54) is 11.3 Å². The Labute approximate surface area is 252 Å². The molecule has 0 bridgehead atoms. The topological polar surface area (TPSA) is 76.4 Å². The molecule has 3 aromatic carbocycles. The molecule has 0 fully saturated rings. The number of fused-ring (bicyclic) bond motifs is 2. The number of aromatic amines is 1. The number of thiazole rings is 1. The number of nitrogens with one attached hydrogen (secondary N) is 1. The van der Waals surface area contributed by atoms with E-state index in [-0.39, 0.29) is 12.2 Å². The number of rotatable bonds is 6. The fourth-order valence-electron chi connectivity index (χ4n) is 5.68. The first-order valence-corrected chi connectivity index (χ1v) is 15.9. The van der Waals surface area contributed by atoms with Gasteiger partial charge in [0, 0.05) is 21.4 Å². The number of carbonyl (C=O) groups excluding carboxylic acids is 1. The van der Waals surface area contributed by atoms with E-state index in [9.17, 15) is 9.59 Å². The molecule has 0 radical (unpaired) electrons. The second-order valence-electron chi connectivity index (χ2n) is 10.4. The lowest BCUT2D eigenvalue weighted by Crippen LogP contribution is -2.39. The molecule has 212 valence electrons. The molecule has 0 spiro atoms. The van der Waals surface area contributed by atoms with Gasteiger partial charge in [-0.2, -0.15) is 0 Å². The Morgan fingerprint density at radius 3 is 2.52 bits per heavy atom. The molecule has 42 heavy (non-hydrogen) atoms. The molecule has 1 aliphatic heterocycles. The van der Waals surface area contributed by atoms with Gasteiger partial charge in [0.2, 0.25) is 0 Å². The summed E-state index contributed by atoms with van der Waals surface area (Å²) >= 11 is 2.98. The Morgan fingerprint density at radius 1 is 1.10 bits per heavy atom. The highest BCUT2D eigenvalue weighted by molar-refractivity contribution is 7.98. The van der Waals surface area contributed by atoms with Crippen LogP contribution in [0, 0.1) is 13.8 Å². The van der Waals surface area contributed by atoms with Gasteiger partial charge in [0.25, 0.3) is 5.56 Å². The number of H-pyrrole nitrogens is 1. The summed E-state index contributed by atoms with van der Waals surface area (Å²) in [6, 6.07) is 21.8. The van der Waals surface area contributed by atoms with Gasteiger partial charge < -0.3 is 9.72 Å². The molecule has 0 unspecified atom stereocenters. The van der Waals surface area contributed by atoms with Crippen LogP contribution in [0.3, 0.4) is 0 Å². The summed E-state index contributed by atoms with van der Waals surface area (Å²) in [5.74, 6) is -0.457. The van der Waals surface area contributed by atoms with Crippen molar-refractivity contribution in [3.63, 3.8) is 0 Å². The van der Waals surface area contributed by atoms with E-state index in [1.54, 1.807) is 23.3 Å². The third-order valence-electron chi connectivity index (χ3n) is 7.58. The molecule has 3 heterocycles. The van der Waals surface area contributed by atoms with Crippen LogP contribution in [0.2, 0.25) is 0 Å². The van der Waals surface area contributed by atoms with Crippen LogP contribution < -0.4 is 14.9 Å². The van der Waals surface area contributed by atoms with Gasteiger partial charge in [-0.1, -0.05) is 65.4 Å². The average molecular weight is 594 g/mol. The molecule has 5 aromatic rings. The van der Waals surface area contributed by atoms with Gasteiger partial charge in [-0.15, -0.1) is 11.8 Å². The number of hydrogen-bond donors (Lipinski definition) is 1. The Balaban J connectivity index is 1.62. The maximum absolute atomic E-state index is 14.3. The molecule has 0 saturated carbocycles. The van der Waals surface area contributed by atoms with Crippen molar-refractivity contribution < 1.29 is 9.53 Å². The highest BCUT2D eigenvalue weighted by Crippen LogP contribution is 2.34. The zero-order chi connectivity index (χ0) is 29.5. The summed E-state index contributed by atoms with van der Waals surface area (Å²) in [7, 11) is 0. The molecule has 0 saturated heterocycles. The van der Waals surface area contributed by atoms with Gasteiger partial charge in [0.05, 0.1) is 34.1 Å². The van der Waals surface area contributed by atoms with Crippen molar-refractivity contribution in [2.24, 2.45) is 4.99 Å². The van der Waals surface area contributed by atoms with Crippen molar-refractivity contribution in [1.82, 2.24) is 9.55 Å². The smallest absolute Gasteiger partial charge is 0.338 e. The standard InChI is InChI=1S/C34H31N3O3S2/c1-6-40-33(39)28-21(4)35-34-37(31(28)23-12-14-24(41-5)15-13-23)32(38)27(42-34)18-26-25-17-19(2)16-20(3)29(25)36-30(26)22-10-8-7-9-11-22/h7-18,31,36H,6H2,1-5H3/b27-18+/t31-/m1/s1. The van der Waals surface area contributed by atoms with E-state index in [2.05, 4.69) is 43.1 Å². The Morgan fingerprint density at radius 2 is 1.83 bits per heavy atom. The largest absolute Gasteiger partial charge is 0.463 e. The van der Waals surface area contributed by atoms with Crippen molar-refractivity contribution in [1.29, 1.82) is 0 Å². The maximum atomic E-state index is 14.3. The minimum atomic E-state index is -0.639. The molecule has 2 aromatic heterocycles. The van der Waals surface area contributed by atoms with Crippen LogP contribution in [0.4, 0.5) is 0 Å². The van der Waals surface area contributed by atoms with Crippen LogP contribution in [0.15, 0.2) is 92.7 Å². The van der Waals surface area contributed by atoms with Crippen LogP contribution in [0.5, 0.6) is 0 Å². The van der Waals surface area contributed by atoms with Crippen molar-refractivity contribution >= 4 is 46.0 Å². The monoisotopic (exact) mass is 593 g/mol. The molecule has 8 heteroatoms. The second kappa shape index (κ2) is 11.3. The summed E-state index contributed by atoms with van der Waals surface area (Å²) in [5.41, 5.74) is 7.88. The SMILES string of the molecule is CCOC(=O)C1=C(C)N=c2s/c(=C/c3c(-c4ccccc4)[nH]c4c(C)cc(C)cc34)c(=O)n2[C@@H]1c1ccc(SC)cc1. The summed E-state index contributed by atoms with van der Waals surface area (Å²) < 4.78 is 7.65. The maximum Gasteiger partial charge on any atom is 0.338 e. The number of nitrogens with zero attached hydrogens (tertiary/aromatic N) is 2. The third-order valence-corrected chi connectivity index (χ3v) is 9.30. The van der Waals surface area contributed by atoms with Gasteiger partial charge in [0.15, 0.2) is 4.80 Å². The molecule has 6 rings (SSSR count). The number of thioether (sulfide) groups is 1. The number of allylic oxidation sites excluding steroid dienone is 1. The minimum absolute atomic E-state index is 0.190. The second-order valence-corrected chi connectivity index (χ2v) is 12.2. The molecule has 0 amide bonds. The molecular weight excluding hydrogens is 563 g/mol. The first-order valence-electron chi connectivity index (χ1n) is 13.8. The van der Waals surface area contributed by atoms with Crippen molar-refractivity contribution in [2.75, 3.05) is 12.9 Å². The molecular formula is C34H31N3O3S2. The van der Waals surface area contributed by atoms with Crippen LogP contribution in [0.25, 0.3) is 28.2 Å². The summed E-state index contributed by atoms with van der Waals surface area (Å²) in [6.45, 7) is 8.01. The van der Waals surface area contributed by atoms with E-state index in [4.69, 9.17) is 9.73 Å². The van der Waals surface area contributed by atoms with E-state index in [1.807, 2.05) is 61.7 Å². The highest BCUT2D eigenvalue weighted by atomic mass is 32.2. The quantitative estimate of drug-likeness (QED) is 0.186. The average Bonchev–Trinajstić information content (AvgIpc) is 3.50. The highest BCUT2D eigenvalue weighted by Gasteiger charge is 2.33. The number of carbonyl (C=O) groups is 1. The van der Waals surface area contributed by atoms with E-state index in [0.29, 0.717) is 20.6 Å². The Kier molecular flexibility index (Phi) is 7.51. The Bertz CT molecular complexity index is 2050.